The number of hydrogen-bond acceptors (Lipinski definition) is 3. The Morgan fingerprint density at radius 2 is 2.17 bits per heavy atom. The van der Waals surface area contributed by atoms with Gasteiger partial charge in [0.1, 0.15) is 0 Å². The highest BCUT2D eigenvalue weighted by Gasteiger charge is 2.13. The van der Waals surface area contributed by atoms with Crippen LogP contribution in [0.2, 0.25) is 0 Å². The van der Waals surface area contributed by atoms with E-state index in [1.54, 1.807) is 22.7 Å². The fraction of sp³-hybridized carbons (Fsp3) is 0.154. The second-order valence-corrected chi connectivity index (χ2v) is 8.38. The topological polar surface area (TPSA) is 12.9 Å². The normalized spacial score (nSPS) is 13.0. The molecule has 0 aliphatic rings. The van der Waals surface area contributed by atoms with Gasteiger partial charge in [0.05, 0.1) is 23.5 Å². The van der Waals surface area contributed by atoms with Crippen molar-refractivity contribution in [1.82, 2.24) is 4.98 Å². The third kappa shape index (κ3) is 2.71. The highest BCUT2D eigenvalue weighted by Crippen LogP contribution is 2.32. The van der Waals surface area contributed by atoms with Crippen LogP contribution < -0.4 is 0 Å². The van der Waals surface area contributed by atoms with Crippen LogP contribution >= 0.6 is 56.9 Å². The number of fused-ring (bicyclic) bond motifs is 1. The molecule has 0 spiro atoms. The van der Waals surface area contributed by atoms with Crippen molar-refractivity contribution in [3.63, 3.8) is 0 Å². The van der Waals surface area contributed by atoms with Crippen molar-refractivity contribution in [3.8, 4) is 0 Å². The summed E-state index contributed by atoms with van der Waals surface area (Å²) in [6, 6.07) is 10.4. The molecule has 5 heteroatoms. The largest absolute Gasteiger partial charge is 0.241 e. The molecule has 0 bridgehead atoms. The molecule has 2 aromatic heterocycles. The first kappa shape index (κ1) is 12.8. The lowest BCUT2D eigenvalue weighted by Gasteiger charge is -2.03. The number of para-hydroxylation sites is 1. The summed E-state index contributed by atoms with van der Waals surface area (Å²) in [6.45, 7) is 0. The van der Waals surface area contributed by atoms with Crippen molar-refractivity contribution in [3.05, 3.63) is 49.2 Å². The molecule has 0 N–H and O–H groups in total. The van der Waals surface area contributed by atoms with Gasteiger partial charge >= 0.3 is 0 Å². The Bertz CT molecular complexity index is 643. The number of thiazole rings is 1. The summed E-state index contributed by atoms with van der Waals surface area (Å²) in [5.74, 6) is 0. The van der Waals surface area contributed by atoms with E-state index in [4.69, 9.17) is 11.6 Å². The van der Waals surface area contributed by atoms with Gasteiger partial charge in [-0.2, -0.15) is 0 Å². The summed E-state index contributed by atoms with van der Waals surface area (Å²) in [4.78, 5) is 4.62. The summed E-state index contributed by atoms with van der Waals surface area (Å²) in [5.41, 5.74) is 2.27. The van der Waals surface area contributed by atoms with Crippen LogP contribution in [0, 0.1) is 2.88 Å². The minimum absolute atomic E-state index is 0.0188. The van der Waals surface area contributed by atoms with Crippen molar-refractivity contribution in [1.29, 1.82) is 0 Å². The molecule has 1 unspecified atom stereocenters. The number of alkyl halides is 1. The standard InChI is InChI=1S/C13H9ClINS2/c14-9(8-5-12(15)17-7-8)6-13-16-10-3-1-2-4-11(10)18-13/h1-5,7,9H,6H2. The van der Waals surface area contributed by atoms with Crippen LogP contribution in [0.5, 0.6) is 0 Å². The van der Waals surface area contributed by atoms with E-state index in [2.05, 4.69) is 45.1 Å². The lowest BCUT2D eigenvalue weighted by molar-refractivity contribution is 0.915. The number of nitrogens with zero attached hydrogens (tertiary/aromatic N) is 1. The average Bonchev–Trinajstić information content (AvgIpc) is 2.94. The summed E-state index contributed by atoms with van der Waals surface area (Å²) in [5, 5.41) is 3.26. The Kier molecular flexibility index (Phi) is 3.89. The lowest BCUT2D eigenvalue weighted by atomic mass is 10.2. The van der Waals surface area contributed by atoms with Crippen molar-refractivity contribution in [2.45, 2.75) is 11.8 Å². The smallest absolute Gasteiger partial charge is 0.0956 e. The zero-order valence-electron chi connectivity index (χ0n) is 9.27. The number of aromatic nitrogens is 1. The molecule has 0 aliphatic carbocycles. The quantitative estimate of drug-likeness (QED) is 0.415. The van der Waals surface area contributed by atoms with Gasteiger partial charge in [0.2, 0.25) is 0 Å². The predicted octanol–water partition coefficient (Wildman–Crippen LogP) is 5.49. The molecule has 3 aromatic rings. The van der Waals surface area contributed by atoms with Crippen LogP contribution in [0.4, 0.5) is 0 Å². The van der Waals surface area contributed by atoms with Crippen LogP contribution in [0.1, 0.15) is 15.9 Å². The van der Waals surface area contributed by atoms with Gasteiger partial charge < -0.3 is 0 Å². The van der Waals surface area contributed by atoms with E-state index in [0.717, 1.165) is 16.9 Å². The highest BCUT2D eigenvalue weighted by atomic mass is 127. The average molecular weight is 406 g/mol. The molecule has 1 aromatic carbocycles. The Hall–Kier alpha value is -0.170. The predicted molar refractivity (Wildman–Crippen MR) is 89.0 cm³/mol. The van der Waals surface area contributed by atoms with Gasteiger partial charge in [-0.05, 0) is 51.7 Å². The summed E-state index contributed by atoms with van der Waals surface area (Å²) in [7, 11) is 0. The zero-order valence-corrected chi connectivity index (χ0v) is 13.8. The Morgan fingerprint density at radius 3 is 2.89 bits per heavy atom. The zero-order chi connectivity index (χ0) is 12.5. The Morgan fingerprint density at radius 1 is 1.33 bits per heavy atom. The van der Waals surface area contributed by atoms with Crippen LogP contribution in [-0.4, -0.2) is 4.98 Å². The second-order valence-electron chi connectivity index (χ2n) is 3.93. The number of thiophene rings is 1. The summed E-state index contributed by atoms with van der Waals surface area (Å²) in [6.07, 6.45) is 0.799. The monoisotopic (exact) mass is 405 g/mol. The van der Waals surface area contributed by atoms with E-state index in [9.17, 15) is 0 Å². The molecule has 0 saturated carbocycles. The minimum atomic E-state index is 0.0188. The molecule has 0 saturated heterocycles. The van der Waals surface area contributed by atoms with Crippen molar-refractivity contribution < 1.29 is 0 Å². The van der Waals surface area contributed by atoms with E-state index in [0.29, 0.717) is 0 Å². The number of rotatable bonds is 3. The molecular weight excluding hydrogens is 397 g/mol. The Labute approximate surface area is 132 Å². The first-order valence-corrected chi connectivity index (χ1v) is 8.66. The minimum Gasteiger partial charge on any atom is -0.241 e. The fourth-order valence-corrected chi connectivity index (χ4v) is 4.64. The van der Waals surface area contributed by atoms with Crippen LogP contribution in [0.15, 0.2) is 35.7 Å². The van der Waals surface area contributed by atoms with Crippen molar-refractivity contribution in [2.75, 3.05) is 0 Å². The number of hydrogen-bond donors (Lipinski definition) is 0. The first-order chi connectivity index (χ1) is 8.72. The van der Waals surface area contributed by atoms with E-state index in [1.165, 1.54) is 13.1 Å². The van der Waals surface area contributed by atoms with Gasteiger partial charge in [0.25, 0.3) is 0 Å². The molecule has 92 valence electrons. The summed E-state index contributed by atoms with van der Waals surface area (Å²) >= 11 is 12.2. The number of halogens is 2. The van der Waals surface area contributed by atoms with Crippen molar-refractivity contribution in [2.24, 2.45) is 0 Å². The van der Waals surface area contributed by atoms with Crippen LogP contribution in [0.25, 0.3) is 10.2 Å². The molecule has 2 heterocycles. The summed E-state index contributed by atoms with van der Waals surface area (Å²) < 4.78 is 2.51. The van der Waals surface area contributed by atoms with Gasteiger partial charge in [-0.1, -0.05) is 12.1 Å². The molecule has 0 radical (unpaired) electrons. The fourth-order valence-electron chi connectivity index (χ4n) is 1.77. The van der Waals surface area contributed by atoms with Gasteiger partial charge in [0.15, 0.2) is 0 Å². The molecule has 1 atom stereocenters. The molecule has 1 nitrogen and oxygen atoms in total. The molecule has 3 rings (SSSR count). The van der Waals surface area contributed by atoms with Gasteiger partial charge in [-0.25, -0.2) is 4.98 Å². The maximum atomic E-state index is 6.45. The molecule has 0 aliphatic heterocycles. The van der Waals surface area contributed by atoms with Crippen LogP contribution in [0.3, 0.4) is 0 Å². The Balaban J connectivity index is 1.83. The molecule has 0 amide bonds. The van der Waals surface area contributed by atoms with Gasteiger partial charge in [0, 0.05) is 6.42 Å². The number of benzene rings is 1. The maximum Gasteiger partial charge on any atom is 0.0956 e. The van der Waals surface area contributed by atoms with Crippen LogP contribution in [-0.2, 0) is 6.42 Å². The van der Waals surface area contributed by atoms with E-state index in [-0.39, 0.29) is 5.38 Å². The van der Waals surface area contributed by atoms with E-state index < -0.39 is 0 Å². The van der Waals surface area contributed by atoms with Crippen molar-refractivity contribution >= 4 is 67.1 Å². The lowest BCUT2D eigenvalue weighted by Crippen LogP contribution is -1.93. The van der Waals surface area contributed by atoms with Gasteiger partial charge in [-0.3, -0.25) is 0 Å². The highest BCUT2D eigenvalue weighted by molar-refractivity contribution is 14.1. The SMILES string of the molecule is ClC(Cc1nc2ccccc2s1)c1csc(I)c1. The van der Waals surface area contributed by atoms with E-state index >= 15 is 0 Å². The molecule has 18 heavy (non-hydrogen) atoms. The first-order valence-electron chi connectivity index (χ1n) is 5.45. The van der Waals surface area contributed by atoms with Gasteiger partial charge in [-0.15, -0.1) is 34.3 Å². The second kappa shape index (κ2) is 5.45. The van der Waals surface area contributed by atoms with E-state index in [1.807, 2.05) is 18.2 Å². The maximum absolute atomic E-state index is 6.45. The molecule has 0 fully saturated rings. The third-order valence-electron chi connectivity index (χ3n) is 2.64. The molecular formula is C13H9ClINS2. The third-order valence-corrected chi connectivity index (χ3v) is 5.91.